The smallest absolute Gasteiger partial charge is 0.223 e. The fourth-order valence-corrected chi connectivity index (χ4v) is 4.68. The lowest BCUT2D eigenvalue weighted by molar-refractivity contribution is -0.127. The van der Waals surface area contributed by atoms with E-state index in [0.29, 0.717) is 0 Å². The van der Waals surface area contributed by atoms with Gasteiger partial charge in [-0.15, -0.1) is 0 Å². The van der Waals surface area contributed by atoms with Gasteiger partial charge in [0.2, 0.25) is 5.91 Å². The van der Waals surface area contributed by atoms with Crippen LogP contribution in [0.15, 0.2) is 42.5 Å². The van der Waals surface area contributed by atoms with Crippen LogP contribution in [0.3, 0.4) is 0 Å². The Hall–Kier alpha value is -2.53. The molecule has 4 rings (SSSR count). The maximum Gasteiger partial charge on any atom is 0.223 e. The number of fused-ring (bicyclic) bond motifs is 1. The highest BCUT2D eigenvalue weighted by atomic mass is 16.5. The Bertz CT molecular complexity index is 915. The van der Waals surface area contributed by atoms with Crippen molar-refractivity contribution >= 4 is 5.91 Å². The normalized spacial score (nSPS) is 21.1. The van der Waals surface area contributed by atoms with Crippen LogP contribution < -0.4 is 14.8 Å². The molecular weight excluding hydrogens is 388 g/mol. The standard InChI is InChI=1S/C26H34N2O3/c1-18-5-7-19(8-6-18)17-28-13-11-20(12-14-28)25(29)27-23-16-26(2,3)31-24-15-21(30-4)9-10-22(23)24/h5-10,15,20,23H,11-14,16-17H2,1-4H3,(H,27,29). The number of nitrogens with zero attached hydrogens (tertiary/aromatic N) is 1. The van der Waals surface area contributed by atoms with E-state index in [1.54, 1.807) is 7.11 Å². The van der Waals surface area contributed by atoms with E-state index in [1.165, 1.54) is 11.1 Å². The van der Waals surface area contributed by atoms with Crippen molar-refractivity contribution < 1.29 is 14.3 Å². The number of carbonyl (C=O) groups excluding carboxylic acids is 1. The van der Waals surface area contributed by atoms with E-state index < -0.39 is 0 Å². The van der Waals surface area contributed by atoms with Crippen molar-refractivity contribution in [1.82, 2.24) is 10.2 Å². The van der Waals surface area contributed by atoms with E-state index in [0.717, 1.165) is 56.0 Å². The fraction of sp³-hybridized carbons (Fsp3) is 0.500. The topological polar surface area (TPSA) is 50.8 Å². The number of amides is 1. The lowest BCUT2D eigenvalue weighted by atomic mass is 9.88. The van der Waals surface area contributed by atoms with Crippen molar-refractivity contribution in [3.8, 4) is 11.5 Å². The van der Waals surface area contributed by atoms with E-state index in [-0.39, 0.29) is 23.5 Å². The Morgan fingerprint density at radius 2 is 1.87 bits per heavy atom. The molecule has 5 heteroatoms. The van der Waals surface area contributed by atoms with E-state index >= 15 is 0 Å². The van der Waals surface area contributed by atoms with Crippen LogP contribution >= 0.6 is 0 Å². The van der Waals surface area contributed by atoms with Crippen molar-refractivity contribution in [2.24, 2.45) is 5.92 Å². The van der Waals surface area contributed by atoms with Crippen LogP contribution in [0.25, 0.3) is 0 Å². The minimum Gasteiger partial charge on any atom is -0.497 e. The third-order valence-electron chi connectivity index (χ3n) is 6.48. The van der Waals surface area contributed by atoms with Gasteiger partial charge in [-0.3, -0.25) is 9.69 Å². The quantitative estimate of drug-likeness (QED) is 0.763. The number of benzene rings is 2. The molecule has 166 valence electrons. The number of piperidine rings is 1. The summed E-state index contributed by atoms with van der Waals surface area (Å²) in [6.45, 7) is 9.12. The van der Waals surface area contributed by atoms with Crippen LogP contribution in [-0.4, -0.2) is 36.6 Å². The number of methoxy groups -OCH3 is 1. The number of hydrogen-bond donors (Lipinski definition) is 1. The number of hydrogen-bond acceptors (Lipinski definition) is 4. The molecule has 2 aromatic carbocycles. The molecule has 0 spiro atoms. The van der Waals surface area contributed by atoms with Gasteiger partial charge in [0.25, 0.3) is 0 Å². The SMILES string of the molecule is COc1ccc2c(c1)OC(C)(C)CC2NC(=O)C1CCN(Cc2ccc(C)cc2)CC1. The predicted molar refractivity (Wildman–Crippen MR) is 122 cm³/mol. The molecule has 1 saturated heterocycles. The summed E-state index contributed by atoms with van der Waals surface area (Å²) in [5.74, 6) is 1.80. The molecular formula is C26H34N2O3. The summed E-state index contributed by atoms with van der Waals surface area (Å²) in [7, 11) is 1.65. The Morgan fingerprint density at radius 3 is 2.55 bits per heavy atom. The van der Waals surface area contributed by atoms with Crippen molar-refractivity contribution in [2.45, 2.75) is 58.2 Å². The van der Waals surface area contributed by atoms with Gasteiger partial charge in [0.15, 0.2) is 0 Å². The van der Waals surface area contributed by atoms with Gasteiger partial charge in [0.1, 0.15) is 17.1 Å². The van der Waals surface area contributed by atoms with Crippen LogP contribution in [0.4, 0.5) is 0 Å². The maximum atomic E-state index is 13.1. The second-order valence-corrected chi connectivity index (χ2v) is 9.57. The predicted octanol–water partition coefficient (Wildman–Crippen LogP) is 4.63. The number of ether oxygens (including phenoxy) is 2. The summed E-state index contributed by atoms with van der Waals surface area (Å²) in [5.41, 5.74) is 3.32. The molecule has 1 atom stereocenters. The van der Waals surface area contributed by atoms with Gasteiger partial charge in [-0.05, 0) is 64.4 Å². The first-order valence-corrected chi connectivity index (χ1v) is 11.3. The van der Waals surface area contributed by atoms with Gasteiger partial charge in [-0.1, -0.05) is 29.8 Å². The van der Waals surface area contributed by atoms with E-state index in [1.807, 2.05) is 18.2 Å². The zero-order chi connectivity index (χ0) is 22.0. The van der Waals surface area contributed by atoms with Gasteiger partial charge in [-0.2, -0.15) is 0 Å². The first-order chi connectivity index (χ1) is 14.8. The molecule has 1 fully saturated rings. The average Bonchev–Trinajstić information content (AvgIpc) is 2.74. The summed E-state index contributed by atoms with van der Waals surface area (Å²) in [5, 5.41) is 3.33. The zero-order valence-electron chi connectivity index (χ0n) is 19.1. The Kier molecular flexibility index (Phi) is 6.24. The van der Waals surface area contributed by atoms with Gasteiger partial charge < -0.3 is 14.8 Å². The molecule has 0 saturated carbocycles. The number of aryl methyl sites for hydroxylation is 1. The highest BCUT2D eigenvalue weighted by Gasteiger charge is 2.36. The summed E-state index contributed by atoms with van der Waals surface area (Å²) < 4.78 is 11.5. The average molecular weight is 423 g/mol. The third kappa shape index (κ3) is 5.21. The Morgan fingerprint density at radius 1 is 1.16 bits per heavy atom. The molecule has 2 aromatic rings. The molecule has 5 nitrogen and oxygen atoms in total. The number of rotatable bonds is 5. The maximum absolute atomic E-state index is 13.1. The highest BCUT2D eigenvalue weighted by Crippen LogP contribution is 2.41. The molecule has 31 heavy (non-hydrogen) atoms. The highest BCUT2D eigenvalue weighted by molar-refractivity contribution is 5.79. The molecule has 1 N–H and O–H groups in total. The summed E-state index contributed by atoms with van der Waals surface area (Å²) >= 11 is 0. The number of nitrogens with one attached hydrogen (secondary N) is 1. The Labute approximate surface area is 185 Å². The van der Waals surface area contributed by atoms with Crippen molar-refractivity contribution in [2.75, 3.05) is 20.2 Å². The molecule has 0 radical (unpaired) electrons. The lowest BCUT2D eigenvalue weighted by Gasteiger charge is -2.39. The fourth-order valence-electron chi connectivity index (χ4n) is 4.68. The summed E-state index contributed by atoms with van der Waals surface area (Å²) in [4.78, 5) is 15.6. The zero-order valence-corrected chi connectivity index (χ0v) is 19.1. The van der Waals surface area contributed by atoms with Gasteiger partial charge >= 0.3 is 0 Å². The van der Waals surface area contributed by atoms with Crippen molar-refractivity contribution in [3.05, 3.63) is 59.2 Å². The van der Waals surface area contributed by atoms with Gasteiger partial charge in [-0.25, -0.2) is 0 Å². The second-order valence-electron chi connectivity index (χ2n) is 9.57. The van der Waals surface area contributed by atoms with Crippen LogP contribution in [0, 0.1) is 12.8 Å². The lowest BCUT2D eigenvalue weighted by Crippen LogP contribution is -2.45. The van der Waals surface area contributed by atoms with Crippen LogP contribution in [0.2, 0.25) is 0 Å². The molecule has 0 aliphatic carbocycles. The second kappa shape index (κ2) is 8.91. The first kappa shape index (κ1) is 21.7. The Balaban J connectivity index is 1.36. The third-order valence-corrected chi connectivity index (χ3v) is 6.48. The van der Waals surface area contributed by atoms with Gasteiger partial charge in [0, 0.05) is 30.5 Å². The molecule has 0 bridgehead atoms. The van der Waals surface area contributed by atoms with Crippen LogP contribution in [0.1, 0.15) is 55.8 Å². The van der Waals surface area contributed by atoms with Gasteiger partial charge in [0.05, 0.1) is 13.2 Å². The molecule has 2 aliphatic heterocycles. The summed E-state index contributed by atoms with van der Waals surface area (Å²) in [6.07, 6.45) is 2.56. The minimum atomic E-state index is -0.339. The van der Waals surface area contributed by atoms with Crippen molar-refractivity contribution in [1.29, 1.82) is 0 Å². The molecule has 2 aliphatic rings. The monoisotopic (exact) mass is 422 g/mol. The summed E-state index contributed by atoms with van der Waals surface area (Å²) in [6, 6.07) is 14.6. The van der Waals surface area contributed by atoms with Crippen LogP contribution in [-0.2, 0) is 11.3 Å². The van der Waals surface area contributed by atoms with E-state index in [2.05, 4.69) is 55.3 Å². The van der Waals surface area contributed by atoms with Crippen LogP contribution in [0.5, 0.6) is 11.5 Å². The largest absolute Gasteiger partial charge is 0.497 e. The first-order valence-electron chi connectivity index (χ1n) is 11.3. The minimum absolute atomic E-state index is 0.0391. The molecule has 1 unspecified atom stereocenters. The van der Waals surface area contributed by atoms with E-state index in [9.17, 15) is 4.79 Å². The number of likely N-dealkylation sites (tertiary alicyclic amines) is 1. The molecule has 0 aromatic heterocycles. The van der Waals surface area contributed by atoms with E-state index in [4.69, 9.17) is 9.47 Å². The molecule has 1 amide bonds. The molecule has 2 heterocycles. The van der Waals surface area contributed by atoms with Crippen molar-refractivity contribution in [3.63, 3.8) is 0 Å². The number of carbonyl (C=O) groups is 1.